The molecule has 0 saturated heterocycles. The second kappa shape index (κ2) is 8.65. The van der Waals surface area contributed by atoms with Crippen LogP contribution in [0.15, 0.2) is 36.4 Å². The molecule has 0 atom stereocenters. The van der Waals surface area contributed by atoms with E-state index in [-0.39, 0.29) is 13.2 Å². The van der Waals surface area contributed by atoms with Crippen LogP contribution in [-0.2, 0) is 0 Å². The molecule has 0 heterocycles. The van der Waals surface area contributed by atoms with Gasteiger partial charge in [0.25, 0.3) is 0 Å². The molecular formula is C17H16Cl2O4. The number of rotatable bonds is 8. The Labute approximate surface area is 144 Å². The van der Waals surface area contributed by atoms with Crippen LogP contribution in [-0.4, -0.2) is 26.1 Å². The van der Waals surface area contributed by atoms with Gasteiger partial charge in [-0.2, -0.15) is 0 Å². The smallest absolute Gasteiger partial charge is 0.161 e. The first kappa shape index (κ1) is 17.4. The molecule has 6 heteroatoms. The largest absolute Gasteiger partial charge is 0.490 e. The third-order valence-electron chi connectivity index (χ3n) is 2.91. The lowest BCUT2D eigenvalue weighted by Gasteiger charge is -2.13. The summed E-state index contributed by atoms with van der Waals surface area (Å²) in [6.07, 6.45) is 0.759. The Morgan fingerprint density at radius 3 is 2.30 bits per heavy atom. The highest BCUT2D eigenvalue weighted by Crippen LogP contribution is 2.32. The number of carbonyl (C=O) groups excluding carboxylic acids is 1. The molecule has 0 fully saturated rings. The molecular weight excluding hydrogens is 339 g/mol. The Morgan fingerprint density at radius 2 is 1.65 bits per heavy atom. The highest BCUT2D eigenvalue weighted by atomic mass is 35.5. The van der Waals surface area contributed by atoms with Gasteiger partial charge in [-0.3, -0.25) is 4.79 Å². The summed E-state index contributed by atoms with van der Waals surface area (Å²) < 4.78 is 16.7. The minimum atomic E-state index is 0.268. The van der Waals surface area contributed by atoms with Crippen LogP contribution < -0.4 is 14.2 Å². The predicted molar refractivity (Wildman–Crippen MR) is 90.5 cm³/mol. The van der Waals surface area contributed by atoms with Crippen LogP contribution in [0.5, 0.6) is 17.2 Å². The van der Waals surface area contributed by atoms with Crippen LogP contribution in [0.2, 0.25) is 10.0 Å². The van der Waals surface area contributed by atoms with Crippen molar-refractivity contribution in [1.82, 2.24) is 0 Å². The number of ether oxygens (including phenoxy) is 3. The Hall–Kier alpha value is -1.91. The molecule has 0 radical (unpaired) electrons. The SMILES string of the molecule is CCOc1cc(C=O)ccc1OCCOc1c(Cl)cccc1Cl. The number of hydrogen-bond acceptors (Lipinski definition) is 4. The Morgan fingerprint density at radius 1 is 0.957 bits per heavy atom. The van der Waals surface area contributed by atoms with Gasteiger partial charge in [-0.25, -0.2) is 0 Å². The molecule has 0 amide bonds. The number of halogens is 2. The third-order valence-corrected chi connectivity index (χ3v) is 3.51. The molecule has 2 aromatic carbocycles. The molecule has 0 aliphatic heterocycles. The van der Waals surface area contributed by atoms with Crippen LogP contribution in [0, 0.1) is 0 Å². The van der Waals surface area contributed by atoms with Gasteiger partial charge in [0.05, 0.1) is 16.7 Å². The van der Waals surface area contributed by atoms with Crippen LogP contribution in [0.3, 0.4) is 0 Å². The number of para-hydroxylation sites is 1. The van der Waals surface area contributed by atoms with Crippen LogP contribution >= 0.6 is 23.2 Å². The Balaban J connectivity index is 1.95. The summed E-state index contributed by atoms with van der Waals surface area (Å²) in [5.74, 6) is 1.50. The van der Waals surface area contributed by atoms with Crippen molar-refractivity contribution in [2.24, 2.45) is 0 Å². The second-order valence-electron chi connectivity index (χ2n) is 4.50. The van der Waals surface area contributed by atoms with Gasteiger partial charge in [-0.15, -0.1) is 0 Å². The fraction of sp³-hybridized carbons (Fsp3) is 0.235. The van der Waals surface area contributed by atoms with Crippen molar-refractivity contribution in [3.05, 3.63) is 52.0 Å². The zero-order valence-corrected chi connectivity index (χ0v) is 14.1. The quantitative estimate of drug-likeness (QED) is 0.510. The highest BCUT2D eigenvalue weighted by Gasteiger charge is 2.08. The monoisotopic (exact) mass is 354 g/mol. The molecule has 2 aromatic rings. The van der Waals surface area contributed by atoms with Gasteiger partial charge >= 0.3 is 0 Å². The van der Waals surface area contributed by atoms with E-state index in [0.29, 0.717) is 39.5 Å². The van der Waals surface area contributed by atoms with Crippen molar-refractivity contribution in [2.75, 3.05) is 19.8 Å². The van der Waals surface area contributed by atoms with Crippen LogP contribution in [0.4, 0.5) is 0 Å². The predicted octanol–water partition coefficient (Wildman–Crippen LogP) is 4.66. The maximum atomic E-state index is 10.8. The van der Waals surface area contributed by atoms with E-state index in [4.69, 9.17) is 37.4 Å². The summed E-state index contributed by atoms with van der Waals surface area (Å²) >= 11 is 12.0. The second-order valence-corrected chi connectivity index (χ2v) is 5.32. The van der Waals surface area contributed by atoms with Gasteiger partial charge in [0.2, 0.25) is 0 Å². The third kappa shape index (κ3) is 4.78. The van der Waals surface area contributed by atoms with Crippen molar-refractivity contribution in [1.29, 1.82) is 0 Å². The molecule has 0 bridgehead atoms. The minimum absolute atomic E-state index is 0.268. The summed E-state index contributed by atoms with van der Waals surface area (Å²) in [5, 5.41) is 0.894. The van der Waals surface area contributed by atoms with E-state index in [1.165, 1.54) is 0 Å². The normalized spacial score (nSPS) is 10.2. The van der Waals surface area contributed by atoms with E-state index >= 15 is 0 Å². The van der Waals surface area contributed by atoms with E-state index in [0.717, 1.165) is 6.29 Å². The summed E-state index contributed by atoms with van der Waals surface area (Å²) in [7, 11) is 0. The van der Waals surface area contributed by atoms with Gasteiger partial charge in [0.1, 0.15) is 19.5 Å². The first-order valence-electron chi connectivity index (χ1n) is 7.07. The van der Waals surface area contributed by atoms with Crippen molar-refractivity contribution >= 4 is 29.5 Å². The summed E-state index contributed by atoms with van der Waals surface area (Å²) in [4.78, 5) is 10.8. The summed E-state index contributed by atoms with van der Waals surface area (Å²) in [6.45, 7) is 2.89. The molecule has 0 unspecified atom stereocenters. The average Bonchev–Trinajstić information content (AvgIpc) is 2.55. The standard InChI is InChI=1S/C17H16Cl2O4/c1-2-21-16-10-12(11-20)6-7-15(16)22-8-9-23-17-13(18)4-3-5-14(17)19/h3-7,10-11H,2,8-9H2,1H3. The number of carbonyl (C=O) groups is 1. The molecule has 0 N–H and O–H groups in total. The highest BCUT2D eigenvalue weighted by molar-refractivity contribution is 6.37. The average molecular weight is 355 g/mol. The van der Waals surface area contributed by atoms with Gasteiger partial charge in [0.15, 0.2) is 17.2 Å². The molecule has 0 aliphatic carbocycles. The number of benzene rings is 2. The van der Waals surface area contributed by atoms with Crippen molar-refractivity contribution in [2.45, 2.75) is 6.92 Å². The topological polar surface area (TPSA) is 44.8 Å². The zero-order valence-electron chi connectivity index (χ0n) is 12.6. The lowest BCUT2D eigenvalue weighted by Crippen LogP contribution is -2.10. The molecule has 4 nitrogen and oxygen atoms in total. The first-order valence-corrected chi connectivity index (χ1v) is 7.83. The molecule has 23 heavy (non-hydrogen) atoms. The van der Waals surface area contributed by atoms with Crippen LogP contribution in [0.1, 0.15) is 17.3 Å². The van der Waals surface area contributed by atoms with Gasteiger partial charge in [0, 0.05) is 5.56 Å². The first-order chi connectivity index (χ1) is 11.2. The summed E-state index contributed by atoms with van der Waals surface area (Å²) in [6, 6.07) is 10.1. The maximum Gasteiger partial charge on any atom is 0.161 e. The van der Waals surface area contributed by atoms with Crippen molar-refractivity contribution in [3.63, 3.8) is 0 Å². The minimum Gasteiger partial charge on any atom is -0.490 e. The molecule has 0 spiro atoms. The maximum absolute atomic E-state index is 10.8. The Bertz CT molecular complexity index is 653. The molecule has 122 valence electrons. The van der Waals surface area contributed by atoms with E-state index < -0.39 is 0 Å². The molecule has 0 aromatic heterocycles. The number of aldehydes is 1. The van der Waals surface area contributed by atoms with Crippen molar-refractivity contribution in [3.8, 4) is 17.2 Å². The Kier molecular flexibility index (Phi) is 6.56. The molecule has 2 rings (SSSR count). The van der Waals surface area contributed by atoms with Gasteiger partial charge in [-0.05, 0) is 37.3 Å². The van der Waals surface area contributed by atoms with Crippen molar-refractivity contribution < 1.29 is 19.0 Å². The van der Waals surface area contributed by atoms with E-state index in [2.05, 4.69) is 0 Å². The lowest BCUT2D eigenvalue weighted by molar-refractivity contribution is 0.112. The van der Waals surface area contributed by atoms with Crippen LogP contribution in [0.25, 0.3) is 0 Å². The van der Waals surface area contributed by atoms with Gasteiger partial charge < -0.3 is 14.2 Å². The van der Waals surface area contributed by atoms with E-state index in [9.17, 15) is 4.79 Å². The molecule has 0 aliphatic rings. The molecule has 0 saturated carbocycles. The zero-order chi connectivity index (χ0) is 16.7. The fourth-order valence-corrected chi connectivity index (χ4v) is 2.41. The van der Waals surface area contributed by atoms with Gasteiger partial charge in [-0.1, -0.05) is 29.3 Å². The van der Waals surface area contributed by atoms with E-state index in [1.54, 1.807) is 36.4 Å². The van der Waals surface area contributed by atoms with E-state index in [1.807, 2.05) is 6.92 Å². The number of hydrogen-bond donors (Lipinski definition) is 0. The fourth-order valence-electron chi connectivity index (χ4n) is 1.90. The summed E-state index contributed by atoms with van der Waals surface area (Å²) in [5.41, 5.74) is 0.528. The lowest BCUT2D eigenvalue weighted by atomic mass is 10.2.